The molecule has 0 aromatic carbocycles. The Morgan fingerprint density at radius 1 is 1.44 bits per heavy atom. The molecule has 2 heteroatoms. The maximum Gasteiger partial charge on any atom is 0.330 e. The Kier molecular flexibility index (Phi) is 2.53. The Morgan fingerprint density at radius 3 is 3.06 bits per heavy atom. The maximum absolute atomic E-state index is 11.5. The minimum absolute atomic E-state index is 0.125. The van der Waals surface area contributed by atoms with Gasteiger partial charge in [0.05, 0.1) is 6.61 Å². The predicted molar refractivity (Wildman–Crippen MR) is 61.8 cm³/mol. The normalized spacial score (nSPS) is 42.7. The second-order valence-electron chi connectivity index (χ2n) is 5.54. The van der Waals surface area contributed by atoms with Gasteiger partial charge in [-0.05, 0) is 56.3 Å². The molecule has 2 bridgehead atoms. The van der Waals surface area contributed by atoms with Crippen LogP contribution in [0.1, 0.15) is 39.0 Å². The summed E-state index contributed by atoms with van der Waals surface area (Å²) in [5.74, 6) is 3.38. The SMILES string of the molecule is CCOC(=O)C=C1CC2CC1C1CCCC21. The van der Waals surface area contributed by atoms with Crippen LogP contribution in [0.2, 0.25) is 0 Å². The van der Waals surface area contributed by atoms with Crippen LogP contribution in [-0.2, 0) is 9.53 Å². The summed E-state index contributed by atoms with van der Waals surface area (Å²) >= 11 is 0. The van der Waals surface area contributed by atoms with Gasteiger partial charge in [-0.15, -0.1) is 0 Å². The summed E-state index contributed by atoms with van der Waals surface area (Å²) in [6, 6.07) is 0. The van der Waals surface area contributed by atoms with Crippen LogP contribution in [0.3, 0.4) is 0 Å². The van der Waals surface area contributed by atoms with Crippen LogP contribution in [0, 0.1) is 23.7 Å². The molecule has 0 aromatic rings. The molecular weight excluding hydrogens is 200 g/mol. The molecule has 0 aliphatic heterocycles. The van der Waals surface area contributed by atoms with Crippen LogP contribution in [-0.4, -0.2) is 12.6 Å². The van der Waals surface area contributed by atoms with E-state index in [1.165, 1.54) is 37.7 Å². The molecule has 0 N–H and O–H groups in total. The Labute approximate surface area is 97.1 Å². The van der Waals surface area contributed by atoms with Gasteiger partial charge in [-0.3, -0.25) is 0 Å². The average molecular weight is 220 g/mol. The van der Waals surface area contributed by atoms with Gasteiger partial charge in [0.15, 0.2) is 0 Å². The molecule has 0 heterocycles. The predicted octanol–water partition coefficient (Wildman–Crippen LogP) is 2.93. The van der Waals surface area contributed by atoms with Crippen molar-refractivity contribution < 1.29 is 9.53 Å². The molecule has 0 aromatic heterocycles. The lowest BCUT2D eigenvalue weighted by Crippen LogP contribution is -2.19. The Bertz CT molecular complexity index is 332. The summed E-state index contributed by atoms with van der Waals surface area (Å²) < 4.78 is 5.01. The molecule has 4 unspecified atom stereocenters. The second kappa shape index (κ2) is 3.90. The van der Waals surface area contributed by atoms with Crippen molar-refractivity contribution in [3.8, 4) is 0 Å². The Hall–Kier alpha value is -0.790. The molecule has 0 radical (unpaired) electrons. The molecule has 0 amide bonds. The third-order valence-corrected chi connectivity index (χ3v) is 4.87. The minimum atomic E-state index is -0.125. The highest BCUT2D eigenvalue weighted by Gasteiger charge is 2.51. The molecule has 3 aliphatic rings. The summed E-state index contributed by atoms with van der Waals surface area (Å²) in [4.78, 5) is 11.5. The summed E-state index contributed by atoms with van der Waals surface area (Å²) in [6.45, 7) is 2.35. The van der Waals surface area contributed by atoms with Crippen LogP contribution >= 0.6 is 0 Å². The third-order valence-electron chi connectivity index (χ3n) is 4.87. The number of ether oxygens (including phenoxy) is 1. The van der Waals surface area contributed by atoms with Gasteiger partial charge >= 0.3 is 5.97 Å². The summed E-state index contributed by atoms with van der Waals surface area (Å²) in [6.07, 6.45) is 8.56. The van der Waals surface area contributed by atoms with Gasteiger partial charge < -0.3 is 4.74 Å². The summed E-state index contributed by atoms with van der Waals surface area (Å²) in [5.41, 5.74) is 1.40. The molecule has 4 atom stereocenters. The molecule has 16 heavy (non-hydrogen) atoms. The second-order valence-corrected chi connectivity index (χ2v) is 5.54. The van der Waals surface area contributed by atoms with Crippen molar-refractivity contribution in [1.29, 1.82) is 0 Å². The van der Waals surface area contributed by atoms with Crippen molar-refractivity contribution in [3.63, 3.8) is 0 Å². The van der Waals surface area contributed by atoms with Crippen molar-refractivity contribution in [1.82, 2.24) is 0 Å². The lowest BCUT2D eigenvalue weighted by molar-refractivity contribution is -0.137. The number of esters is 1. The Morgan fingerprint density at radius 2 is 2.25 bits per heavy atom. The van der Waals surface area contributed by atoms with Gasteiger partial charge in [-0.1, -0.05) is 12.0 Å². The van der Waals surface area contributed by atoms with Crippen molar-refractivity contribution in [2.45, 2.75) is 39.0 Å². The zero-order valence-electron chi connectivity index (χ0n) is 9.95. The van der Waals surface area contributed by atoms with E-state index in [0.29, 0.717) is 6.61 Å². The number of carbonyl (C=O) groups is 1. The van der Waals surface area contributed by atoms with Crippen molar-refractivity contribution in [3.05, 3.63) is 11.6 Å². The highest BCUT2D eigenvalue weighted by atomic mass is 16.5. The molecule has 3 aliphatic carbocycles. The molecular formula is C14H20O2. The first-order valence-corrected chi connectivity index (χ1v) is 6.66. The molecule has 3 saturated carbocycles. The van der Waals surface area contributed by atoms with E-state index in [-0.39, 0.29) is 5.97 Å². The van der Waals surface area contributed by atoms with Crippen LogP contribution in [0.25, 0.3) is 0 Å². The number of carbonyl (C=O) groups excluding carboxylic acids is 1. The van der Waals surface area contributed by atoms with Gasteiger partial charge in [0.2, 0.25) is 0 Å². The number of fused-ring (bicyclic) bond motifs is 5. The van der Waals surface area contributed by atoms with Crippen LogP contribution in [0.5, 0.6) is 0 Å². The largest absolute Gasteiger partial charge is 0.463 e. The zero-order valence-corrected chi connectivity index (χ0v) is 9.95. The third kappa shape index (κ3) is 1.50. The Balaban J connectivity index is 1.74. The average Bonchev–Trinajstić information content (AvgIpc) is 2.86. The lowest BCUT2D eigenvalue weighted by Gasteiger charge is -2.26. The number of allylic oxidation sites excluding steroid dienone is 1. The van der Waals surface area contributed by atoms with E-state index < -0.39 is 0 Å². The van der Waals surface area contributed by atoms with Crippen LogP contribution in [0.4, 0.5) is 0 Å². The van der Waals surface area contributed by atoms with Crippen LogP contribution < -0.4 is 0 Å². The zero-order chi connectivity index (χ0) is 11.1. The van der Waals surface area contributed by atoms with E-state index in [4.69, 9.17) is 4.74 Å². The van der Waals surface area contributed by atoms with Gasteiger partial charge in [-0.2, -0.15) is 0 Å². The molecule has 3 rings (SSSR count). The topological polar surface area (TPSA) is 26.3 Å². The molecule has 0 spiro atoms. The van der Waals surface area contributed by atoms with Crippen molar-refractivity contribution in [2.24, 2.45) is 23.7 Å². The maximum atomic E-state index is 11.5. The monoisotopic (exact) mass is 220 g/mol. The number of rotatable bonds is 2. The highest BCUT2D eigenvalue weighted by Crippen LogP contribution is 2.60. The van der Waals surface area contributed by atoms with Crippen molar-refractivity contribution >= 4 is 5.97 Å². The molecule has 88 valence electrons. The van der Waals surface area contributed by atoms with E-state index in [1.54, 1.807) is 6.08 Å². The first-order chi connectivity index (χ1) is 7.79. The molecule has 2 nitrogen and oxygen atoms in total. The van der Waals surface area contributed by atoms with E-state index in [2.05, 4.69) is 0 Å². The number of hydrogen-bond acceptors (Lipinski definition) is 2. The van der Waals surface area contributed by atoms with Gasteiger partial charge in [0.25, 0.3) is 0 Å². The van der Waals surface area contributed by atoms with Gasteiger partial charge in [0.1, 0.15) is 0 Å². The van der Waals surface area contributed by atoms with Gasteiger partial charge in [0, 0.05) is 6.08 Å². The first-order valence-electron chi connectivity index (χ1n) is 6.66. The smallest absolute Gasteiger partial charge is 0.330 e. The standard InChI is InChI=1S/C14H20O2/c1-2-16-14(15)8-10-6-9-7-13(10)12-5-3-4-11(9)12/h8-9,11-13H,2-7H2,1H3. The molecule has 3 fully saturated rings. The summed E-state index contributed by atoms with van der Waals surface area (Å²) in [5, 5.41) is 0. The quantitative estimate of drug-likeness (QED) is 0.528. The first kappa shape index (κ1) is 10.4. The van der Waals surface area contributed by atoms with Gasteiger partial charge in [-0.25, -0.2) is 4.79 Å². The highest BCUT2D eigenvalue weighted by molar-refractivity contribution is 5.83. The van der Waals surface area contributed by atoms with E-state index in [9.17, 15) is 4.79 Å². The van der Waals surface area contributed by atoms with E-state index >= 15 is 0 Å². The fourth-order valence-corrected chi connectivity index (χ4v) is 4.39. The summed E-state index contributed by atoms with van der Waals surface area (Å²) in [7, 11) is 0. The molecule has 0 saturated heterocycles. The van der Waals surface area contributed by atoms with E-state index in [0.717, 1.165) is 23.7 Å². The van der Waals surface area contributed by atoms with E-state index in [1.807, 2.05) is 6.92 Å². The van der Waals surface area contributed by atoms with Crippen molar-refractivity contribution in [2.75, 3.05) is 6.61 Å². The fraction of sp³-hybridized carbons (Fsp3) is 0.786. The number of hydrogen-bond donors (Lipinski definition) is 0. The lowest BCUT2D eigenvalue weighted by atomic mass is 9.79. The minimum Gasteiger partial charge on any atom is -0.463 e. The fourth-order valence-electron chi connectivity index (χ4n) is 4.39. The van der Waals surface area contributed by atoms with Crippen LogP contribution in [0.15, 0.2) is 11.6 Å².